The Morgan fingerprint density at radius 1 is 0.871 bits per heavy atom. The number of phenolic OH excluding ortho intramolecular Hbond substituents is 1. The molecule has 0 bridgehead atoms. The van der Waals surface area contributed by atoms with Gasteiger partial charge >= 0.3 is 11.9 Å². The minimum absolute atomic E-state index is 0.106. The summed E-state index contributed by atoms with van der Waals surface area (Å²) >= 11 is 0. The molecule has 0 aliphatic rings. The molecule has 0 fully saturated rings. The van der Waals surface area contributed by atoms with Crippen molar-refractivity contribution in [1.82, 2.24) is 0 Å². The van der Waals surface area contributed by atoms with Crippen LogP contribution >= 0.6 is 0 Å². The molecule has 5 heteroatoms. The summed E-state index contributed by atoms with van der Waals surface area (Å²) < 4.78 is 11.1. The van der Waals surface area contributed by atoms with Gasteiger partial charge in [-0.15, -0.1) is 0 Å². The predicted octanol–water partition coefficient (Wildman–Crippen LogP) is 6.07. The van der Waals surface area contributed by atoms with Gasteiger partial charge in [0.2, 0.25) is 0 Å². The minimum atomic E-state index is -1.02. The molecule has 2 unspecified atom stereocenters. The smallest absolute Gasteiger partial charge is 0.320 e. The maximum Gasteiger partial charge on any atom is 0.320 e. The van der Waals surface area contributed by atoms with E-state index < -0.39 is 17.9 Å². The van der Waals surface area contributed by atoms with Crippen molar-refractivity contribution in [2.75, 3.05) is 13.2 Å². The summed E-state index contributed by atoms with van der Waals surface area (Å²) in [6.07, 6.45) is 8.46. The Morgan fingerprint density at radius 3 is 1.81 bits per heavy atom. The van der Waals surface area contributed by atoms with Crippen LogP contribution in [0.15, 0.2) is 24.3 Å². The molecule has 0 amide bonds. The third-order valence-electron chi connectivity index (χ3n) is 5.93. The quantitative estimate of drug-likeness (QED) is 0.252. The molecule has 0 heterocycles. The molecule has 1 aromatic rings. The number of unbranched alkanes of at least 4 members (excludes halogenated alkanes) is 2. The molecular formula is C26H42O5. The second-order valence-corrected chi connectivity index (χ2v) is 8.52. The fourth-order valence-corrected chi connectivity index (χ4v) is 3.58. The zero-order valence-electron chi connectivity index (χ0n) is 19.9. The summed E-state index contributed by atoms with van der Waals surface area (Å²) in [5, 5.41) is 9.75. The lowest BCUT2D eigenvalue weighted by Crippen LogP contribution is -2.32. The summed E-state index contributed by atoms with van der Waals surface area (Å²) in [5.74, 6) is -1.38. The molecule has 2 atom stereocenters. The topological polar surface area (TPSA) is 72.8 Å². The van der Waals surface area contributed by atoms with Crippen molar-refractivity contribution >= 4 is 11.9 Å². The highest BCUT2D eigenvalue weighted by molar-refractivity contribution is 5.95. The number of esters is 2. The molecule has 0 aliphatic heterocycles. The van der Waals surface area contributed by atoms with E-state index in [9.17, 15) is 14.7 Å². The summed E-state index contributed by atoms with van der Waals surface area (Å²) in [5.41, 5.74) is 0.704. The zero-order valence-corrected chi connectivity index (χ0v) is 19.9. The summed E-state index contributed by atoms with van der Waals surface area (Å²) in [7, 11) is 0. The lowest BCUT2D eigenvalue weighted by molar-refractivity contribution is -0.163. The largest absolute Gasteiger partial charge is 0.508 e. The predicted molar refractivity (Wildman–Crippen MR) is 124 cm³/mol. The third-order valence-corrected chi connectivity index (χ3v) is 5.93. The number of aromatic hydroxyl groups is 1. The lowest BCUT2D eigenvalue weighted by atomic mass is 9.98. The molecular weight excluding hydrogens is 392 g/mol. The average molecular weight is 435 g/mol. The number of hydrogen-bond acceptors (Lipinski definition) is 5. The normalized spacial score (nSPS) is 13.9. The number of phenols is 1. The van der Waals surface area contributed by atoms with Gasteiger partial charge in [-0.05, 0) is 48.8 Å². The van der Waals surface area contributed by atoms with E-state index in [0.717, 1.165) is 51.4 Å². The monoisotopic (exact) mass is 434 g/mol. The van der Waals surface area contributed by atoms with Gasteiger partial charge in [0.1, 0.15) is 5.75 Å². The summed E-state index contributed by atoms with van der Waals surface area (Å²) in [4.78, 5) is 25.7. The van der Waals surface area contributed by atoms with Crippen molar-refractivity contribution in [1.29, 1.82) is 0 Å². The van der Waals surface area contributed by atoms with Gasteiger partial charge in [0, 0.05) is 0 Å². The highest BCUT2D eigenvalue weighted by atomic mass is 16.6. The van der Waals surface area contributed by atoms with E-state index in [0.29, 0.717) is 30.6 Å². The first kappa shape index (κ1) is 27.0. The molecule has 1 aromatic carbocycles. The van der Waals surface area contributed by atoms with Crippen LogP contribution in [0.3, 0.4) is 0 Å². The fraction of sp³-hybridized carbons (Fsp3) is 0.692. The van der Waals surface area contributed by atoms with Crippen LogP contribution in [-0.4, -0.2) is 30.3 Å². The van der Waals surface area contributed by atoms with Crippen LogP contribution in [0.1, 0.15) is 84.6 Å². The Kier molecular flexibility index (Phi) is 13.7. The molecule has 5 nitrogen and oxygen atoms in total. The second kappa shape index (κ2) is 15.7. The molecule has 1 N–H and O–H groups in total. The highest BCUT2D eigenvalue weighted by Crippen LogP contribution is 2.20. The molecule has 0 spiro atoms. The Balaban J connectivity index is 2.81. The fourth-order valence-electron chi connectivity index (χ4n) is 3.58. The van der Waals surface area contributed by atoms with Gasteiger partial charge < -0.3 is 14.6 Å². The number of rotatable bonds is 16. The Bertz CT molecular complexity index is 610. The van der Waals surface area contributed by atoms with Gasteiger partial charge in [0.05, 0.1) is 13.2 Å². The first-order valence-corrected chi connectivity index (χ1v) is 12.1. The van der Waals surface area contributed by atoms with E-state index in [2.05, 4.69) is 27.7 Å². The number of benzene rings is 1. The molecule has 0 aromatic heterocycles. The Morgan fingerprint density at radius 2 is 1.39 bits per heavy atom. The molecule has 0 saturated heterocycles. The SMILES string of the molecule is CCCCC(CC)COC(=O)C(Cc1cccc(O)c1)C(=O)OCC(CC)CCCC. The van der Waals surface area contributed by atoms with Crippen molar-refractivity contribution in [2.45, 2.75) is 85.5 Å². The van der Waals surface area contributed by atoms with E-state index in [1.54, 1.807) is 24.3 Å². The molecule has 1 rings (SSSR count). The standard InChI is InChI=1S/C26H42O5/c1-5-9-12-20(7-3)18-30-25(28)24(17-22-14-11-15-23(27)16-22)26(29)31-19-21(8-4)13-10-6-2/h11,14-16,20-21,24,27H,5-10,12-13,17-19H2,1-4H3. The first-order valence-electron chi connectivity index (χ1n) is 12.1. The van der Waals surface area contributed by atoms with Crippen LogP contribution in [0.4, 0.5) is 0 Å². The lowest BCUT2D eigenvalue weighted by Gasteiger charge is -2.20. The molecule has 176 valence electrons. The van der Waals surface area contributed by atoms with Crippen LogP contribution in [0.25, 0.3) is 0 Å². The maximum absolute atomic E-state index is 12.9. The van der Waals surface area contributed by atoms with Gasteiger partial charge in [0.15, 0.2) is 5.92 Å². The van der Waals surface area contributed by atoms with Crippen LogP contribution in [-0.2, 0) is 25.5 Å². The maximum atomic E-state index is 12.9. The van der Waals surface area contributed by atoms with Crippen molar-refractivity contribution in [3.63, 3.8) is 0 Å². The Labute approximate surface area is 188 Å². The van der Waals surface area contributed by atoms with Crippen LogP contribution in [0, 0.1) is 17.8 Å². The van der Waals surface area contributed by atoms with Gasteiger partial charge in [-0.25, -0.2) is 0 Å². The number of hydrogen-bond donors (Lipinski definition) is 1. The average Bonchev–Trinajstić information content (AvgIpc) is 2.77. The van der Waals surface area contributed by atoms with Crippen molar-refractivity contribution in [3.05, 3.63) is 29.8 Å². The number of ether oxygens (including phenoxy) is 2. The minimum Gasteiger partial charge on any atom is -0.508 e. The van der Waals surface area contributed by atoms with E-state index >= 15 is 0 Å². The Hall–Kier alpha value is -2.04. The highest BCUT2D eigenvalue weighted by Gasteiger charge is 2.31. The van der Waals surface area contributed by atoms with Crippen molar-refractivity contribution in [3.8, 4) is 5.75 Å². The first-order chi connectivity index (χ1) is 14.9. The van der Waals surface area contributed by atoms with Gasteiger partial charge in [0.25, 0.3) is 0 Å². The zero-order chi connectivity index (χ0) is 23.1. The molecule has 0 aliphatic carbocycles. The molecule has 0 saturated carbocycles. The molecule has 31 heavy (non-hydrogen) atoms. The summed E-state index contributed by atoms with van der Waals surface area (Å²) in [6, 6.07) is 6.63. The summed E-state index contributed by atoms with van der Waals surface area (Å²) in [6.45, 7) is 9.12. The van der Waals surface area contributed by atoms with Crippen LogP contribution in [0.2, 0.25) is 0 Å². The van der Waals surface area contributed by atoms with Crippen molar-refractivity contribution < 1.29 is 24.2 Å². The van der Waals surface area contributed by atoms with Crippen LogP contribution in [0.5, 0.6) is 5.75 Å². The van der Waals surface area contributed by atoms with E-state index in [4.69, 9.17) is 9.47 Å². The number of carbonyl (C=O) groups is 2. The van der Waals surface area contributed by atoms with E-state index in [1.807, 2.05) is 0 Å². The van der Waals surface area contributed by atoms with Gasteiger partial charge in [-0.3, -0.25) is 9.59 Å². The third kappa shape index (κ3) is 10.7. The van der Waals surface area contributed by atoms with E-state index in [1.165, 1.54) is 0 Å². The van der Waals surface area contributed by atoms with Gasteiger partial charge in [-0.2, -0.15) is 0 Å². The second-order valence-electron chi connectivity index (χ2n) is 8.52. The van der Waals surface area contributed by atoms with Crippen molar-refractivity contribution in [2.24, 2.45) is 17.8 Å². The number of carbonyl (C=O) groups excluding carboxylic acids is 2. The van der Waals surface area contributed by atoms with E-state index in [-0.39, 0.29) is 12.2 Å². The molecule has 0 radical (unpaired) electrons. The van der Waals surface area contributed by atoms with Gasteiger partial charge in [-0.1, -0.05) is 78.4 Å². The van der Waals surface area contributed by atoms with Crippen LogP contribution < -0.4 is 0 Å².